The number of terminal acetylenes is 1. The Bertz CT molecular complexity index is 298. The Morgan fingerprint density at radius 2 is 2.41 bits per heavy atom. The number of hydrogen-bond donors (Lipinski definition) is 2. The Hall–Kier alpha value is -1.05. The maximum atomic E-state index is 11.8. The Kier molecular flexibility index (Phi) is 5.46. The molecule has 0 aliphatic carbocycles. The summed E-state index contributed by atoms with van der Waals surface area (Å²) in [5.41, 5.74) is 5.76. The average Bonchev–Trinajstić information content (AvgIpc) is 2.35. The molecule has 0 bridgehead atoms. The number of nitrogens with one attached hydrogen (secondary N) is 1. The SMILES string of the molecule is C#CCNC(=O)C(C)N1CCC(C)C(CN)C1. The molecule has 3 unspecified atom stereocenters. The topological polar surface area (TPSA) is 58.4 Å². The average molecular weight is 237 g/mol. The van der Waals surface area contributed by atoms with Crippen LogP contribution in [-0.4, -0.2) is 43.0 Å². The second-order valence-electron chi connectivity index (χ2n) is 4.85. The number of rotatable bonds is 4. The van der Waals surface area contributed by atoms with E-state index in [0.717, 1.165) is 19.5 Å². The molecule has 96 valence electrons. The highest BCUT2D eigenvalue weighted by Gasteiger charge is 2.30. The molecule has 4 heteroatoms. The van der Waals surface area contributed by atoms with Crippen LogP contribution in [0.3, 0.4) is 0 Å². The molecule has 0 aromatic carbocycles. The standard InChI is InChI=1S/C13H23N3O/c1-4-6-15-13(17)11(3)16-7-5-10(2)12(8-14)9-16/h1,10-12H,5-9,14H2,2-3H3,(H,15,17). The van der Waals surface area contributed by atoms with E-state index >= 15 is 0 Å². The second-order valence-corrected chi connectivity index (χ2v) is 4.85. The molecule has 0 aromatic heterocycles. The van der Waals surface area contributed by atoms with Gasteiger partial charge in [-0.15, -0.1) is 6.42 Å². The minimum atomic E-state index is -0.120. The van der Waals surface area contributed by atoms with Gasteiger partial charge in [0.25, 0.3) is 0 Å². The summed E-state index contributed by atoms with van der Waals surface area (Å²) in [4.78, 5) is 14.0. The molecular weight excluding hydrogens is 214 g/mol. The number of hydrogen-bond acceptors (Lipinski definition) is 3. The summed E-state index contributed by atoms with van der Waals surface area (Å²) in [5, 5.41) is 2.73. The molecule has 1 fully saturated rings. The lowest BCUT2D eigenvalue weighted by molar-refractivity contribution is -0.126. The van der Waals surface area contributed by atoms with Gasteiger partial charge in [0.1, 0.15) is 0 Å². The lowest BCUT2D eigenvalue weighted by Crippen LogP contribution is -2.51. The van der Waals surface area contributed by atoms with Crippen molar-refractivity contribution in [3.63, 3.8) is 0 Å². The van der Waals surface area contributed by atoms with E-state index in [1.54, 1.807) is 0 Å². The lowest BCUT2D eigenvalue weighted by Gasteiger charge is -2.39. The first-order valence-corrected chi connectivity index (χ1v) is 6.25. The molecule has 1 aliphatic heterocycles. The van der Waals surface area contributed by atoms with Crippen molar-refractivity contribution in [1.82, 2.24) is 10.2 Å². The zero-order valence-corrected chi connectivity index (χ0v) is 10.8. The highest BCUT2D eigenvalue weighted by atomic mass is 16.2. The fraction of sp³-hybridized carbons (Fsp3) is 0.769. The van der Waals surface area contributed by atoms with Crippen molar-refractivity contribution in [3.05, 3.63) is 0 Å². The van der Waals surface area contributed by atoms with Crippen molar-refractivity contribution >= 4 is 5.91 Å². The van der Waals surface area contributed by atoms with Gasteiger partial charge in [-0.3, -0.25) is 9.69 Å². The monoisotopic (exact) mass is 237 g/mol. The summed E-state index contributed by atoms with van der Waals surface area (Å²) in [6, 6.07) is -0.120. The van der Waals surface area contributed by atoms with Gasteiger partial charge >= 0.3 is 0 Å². The smallest absolute Gasteiger partial charge is 0.237 e. The Labute approximate surface area is 104 Å². The van der Waals surface area contributed by atoms with Crippen molar-refractivity contribution in [2.45, 2.75) is 26.3 Å². The van der Waals surface area contributed by atoms with E-state index in [1.165, 1.54) is 0 Å². The molecule has 1 aliphatic rings. The number of amides is 1. The quantitative estimate of drug-likeness (QED) is 0.679. The van der Waals surface area contributed by atoms with Crippen LogP contribution in [0.25, 0.3) is 0 Å². The largest absolute Gasteiger partial charge is 0.344 e. The normalized spacial score (nSPS) is 27.2. The van der Waals surface area contributed by atoms with Crippen LogP contribution in [0.15, 0.2) is 0 Å². The number of carbonyl (C=O) groups excluding carboxylic acids is 1. The van der Waals surface area contributed by atoms with Gasteiger partial charge in [0.15, 0.2) is 0 Å². The van der Waals surface area contributed by atoms with Gasteiger partial charge in [0.05, 0.1) is 12.6 Å². The number of likely N-dealkylation sites (tertiary alicyclic amines) is 1. The molecule has 3 N–H and O–H groups in total. The number of carbonyl (C=O) groups is 1. The van der Waals surface area contributed by atoms with Crippen molar-refractivity contribution < 1.29 is 4.79 Å². The van der Waals surface area contributed by atoms with E-state index in [4.69, 9.17) is 12.2 Å². The second kappa shape index (κ2) is 6.63. The third-order valence-electron chi connectivity index (χ3n) is 3.74. The first-order chi connectivity index (χ1) is 8.10. The van der Waals surface area contributed by atoms with Crippen LogP contribution in [0.2, 0.25) is 0 Å². The predicted octanol–water partition coefficient (Wildman–Crippen LogP) is 0.0410. The first kappa shape index (κ1) is 14.0. The number of nitrogens with two attached hydrogens (primary N) is 1. The fourth-order valence-electron chi connectivity index (χ4n) is 2.29. The molecule has 1 saturated heterocycles. The van der Waals surface area contributed by atoms with Gasteiger partial charge in [0, 0.05) is 6.54 Å². The fourth-order valence-corrected chi connectivity index (χ4v) is 2.29. The van der Waals surface area contributed by atoms with Crippen LogP contribution in [-0.2, 0) is 4.79 Å². The predicted molar refractivity (Wildman–Crippen MR) is 69.2 cm³/mol. The maximum absolute atomic E-state index is 11.8. The van der Waals surface area contributed by atoms with E-state index in [1.807, 2.05) is 6.92 Å². The van der Waals surface area contributed by atoms with E-state index < -0.39 is 0 Å². The molecule has 3 atom stereocenters. The van der Waals surface area contributed by atoms with Crippen LogP contribution < -0.4 is 11.1 Å². The molecule has 0 saturated carbocycles. The molecule has 0 aromatic rings. The molecule has 4 nitrogen and oxygen atoms in total. The van der Waals surface area contributed by atoms with E-state index in [9.17, 15) is 4.79 Å². The molecule has 1 heterocycles. The van der Waals surface area contributed by atoms with Gasteiger partial charge in [-0.1, -0.05) is 12.8 Å². The van der Waals surface area contributed by atoms with Gasteiger partial charge in [-0.25, -0.2) is 0 Å². The van der Waals surface area contributed by atoms with E-state index in [0.29, 0.717) is 24.9 Å². The molecule has 1 rings (SSSR count). The van der Waals surface area contributed by atoms with E-state index in [-0.39, 0.29) is 11.9 Å². The Balaban J connectivity index is 2.50. The maximum Gasteiger partial charge on any atom is 0.237 e. The van der Waals surface area contributed by atoms with Gasteiger partial charge in [-0.05, 0) is 38.3 Å². The Morgan fingerprint density at radius 1 is 1.71 bits per heavy atom. The van der Waals surface area contributed by atoms with Gasteiger partial charge in [0.2, 0.25) is 5.91 Å². The summed E-state index contributed by atoms with van der Waals surface area (Å²) in [7, 11) is 0. The van der Waals surface area contributed by atoms with Crippen molar-refractivity contribution in [2.75, 3.05) is 26.2 Å². The highest BCUT2D eigenvalue weighted by Crippen LogP contribution is 2.23. The molecule has 0 spiro atoms. The van der Waals surface area contributed by atoms with Crippen LogP contribution >= 0.6 is 0 Å². The zero-order valence-electron chi connectivity index (χ0n) is 10.8. The molecule has 1 amide bonds. The first-order valence-electron chi connectivity index (χ1n) is 6.25. The van der Waals surface area contributed by atoms with Crippen LogP contribution in [0, 0.1) is 24.2 Å². The zero-order chi connectivity index (χ0) is 12.8. The van der Waals surface area contributed by atoms with Crippen molar-refractivity contribution in [2.24, 2.45) is 17.6 Å². The van der Waals surface area contributed by atoms with Crippen molar-refractivity contribution in [3.8, 4) is 12.3 Å². The lowest BCUT2D eigenvalue weighted by atomic mass is 9.86. The van der Waals surface area contributed by atoms with Crippen LogP contribution in [0.4, 0.5) is 0 Å². The third-order valence-corrected chi connectivity index (χ3v) is 3.74. The number of nitrogens with zero attached hydrogens (tertiary/aromatic N) is 1. The summed E-state index contributed by atoms with van der Waals surface area (Å²) in [5.74, 6) is 3.56. The summed E-state index contributed by atoms with van der Waals surface area (Å²) >= 11 is 0. The summed E-state index contributed by atoms with van der Waals surface area (Å²) in [6.45, 7) is 7.02. The molecule has 17 heavy (non-hydrogen) atoms. The molecular formula is C13H23N3O. The van der Waals surface area contributed by atoms with Crippen molar-refractivity contribution in [1.29, 1.82) is 0 Å². The third kappa shape index (κ3) is 3.72. The van der Waals surface area contributed by atoms with Crippen LogP contribution in [0.1, 0.15) is 20.3 Å². The van der Waals surface area contributed by atoms with Gasteiger partial charge < -0.3 is 11.1 Å². The minimum absolute atomic E-state index is 0.00766. The summed E-state index contributed by atoms with van der Waals surface area (Å²) in [6.07, 6.45) is 6.23. The van der Waals surface area contributed by atoms with Crippen LogP contribution in [0.5, 0.6) is 0 Å². The van der Waals surface area contributed by atoms with E-state index in [2.05, 4.69) is 23.1 Å². The minimum Gasteiger partial charge on any atom is -0.344 e. The van der Waals surface area contributed by atoms with Gasteiger partial charge in [-0.2, -0.15) is 0 Å². The highest BCUT2D eigenvalue weighted by molar-refractivity contribution is 5.81. The Morgan fingerprint density at radius 3 is 3.00 bits per heavy atom. The summed E-state index contributed by atoms with van der Waals surface area (Å²) < 4.78 is 0. The molecule has 0 radical (unpaired) electrons. The number of piperidine rings is 1.